The minimum atomic E-state index is 0.785. The standard InChI is InChI=1S/C7H6N4/c1-2-11-5-10-6-3-8-4-9-7(6)11/h2-5H,1H2. The second-order valence-corrected chi connectivity index (χ2v) is 2.07. The summed E-state index contributed by atoms with van der Waals surface area (Å²) in [5.74, 6) is 0. The first-order valence-electron chi connectivity index (χ1n) is 3.17. The van der Waals surface area contributed by atoms with Crippen LogP contribution >= 0.6 is 0 Å². The lowest BCUT2D eigenvalue weighted by Gasteiger charge is -1.90. The second kappa shape index (κ2) is 2.16. The average molecular weight is 146 g/mol. The lowest BCUT2D eigenvalue weighted by atomic mass is 10.6. The number of nitrogens with zero attached hydrogens (tertiary/aromatic N) is 4. The number of aromatic nitrogens is 4. The monoisotopic (exact) mass is 146 g/mol. The van der Waals surface area contributed by atoms with Crippen LogP contribution in [0.25, 0.3) is 17.4 Å². The van der Waals surface area contributed by atoms with Crippen molar-refractivity contribution in [1.82, 2.24) is 19.5 Å². The number of imidazole rings is 1. The molecule has 0 radical (unpaired) electrons. The van der Waals surface area contributed by atoms with E-state index in [4.69, 9.17) is 0 Å². The fourth-order valence-electron chi connectivity index (χ4n) is 0.919. The van der Waals surface area contributed by atoms with Crippen LogP contribution in [0.2, 0.25) is 0 Å². The highest BCUT2D eigenvalue weighted by molar-refractivity contribution is 5.71. The minimum absolute atomic E-state index is 0.785. The zero-order valence-corrected chi connectivity index (χ0v) is 5.81. The molecule has 0 aliphatic carbocycles. The van der Waals surface area contributed by atoms with Gasteiger partial charge in [0.25, 0.3) is 0 Å². The second-order valence-electron chi connectivity index (χ2n) is 2.07. The van der Waals surface area contributed by atoms with E-state index < -0.39 is 0 Å². The molecule has 4 nitrogen and oxygen atoms in total. The van der Waals surface area contributed by atoms with Gasteiger partial charge in [0.15, 0.2) is 5.65 Å². The average Bonchev–Trinajstić information content (AvgIpc) is 2.47. The van der Waals surface area contributed by atoms with E-state index in [1.807, 2.05) is 0 Å². The summed E-state index contributed by atoms with van der Waals surface area (Å²) in [5.41, 5.74) is 1.57. The molecule has 0 saturated heterocycles. The van der Waals surface area contributed by atoms with E-state index in [2.05, 4.69) is 21.5 Å². The molecular formula is C7H6N4. The summed E-state index contributed by atoms with van der Waals surface area (Å²) in [6.45, 7) is 3.62. The summed E-state index contributed by atoms with van der Waals surface area (Å²) in [6, 6.07) is 0. The molecule has 4 heteroatoms. The summed E-state index contributed by atoms with van der Waals surface area (Å²) < 4.78 is 1.75. The Balaban J connectivity index is 2.86. The lowest BCUT2D eigenvalue weighted by Crippen LogP contribution is -1.85. The quantitative estimate of drug-likeness (QED) is 0.601. The molecule has 0 aliphatic heterocycles. The van der Waals surface area contributed by atoms with Crippen LogP contribution in [-0.2, 0) is 0 Å². The highest BCUT2D eigenvalue weighted by Gasteiger charge is 1.98. The van der Waals surface area contributed by atoms with E-state index in [0.29, 0.717) is 0 Å². The highest BCUT2D eigenvalue weighted by Crippen LogP contribution is 2.05. The molecule has 0 spiro atoms. The normalized spacial score (nSPS) is 10.2. The van der Waals surface area contributed by atoms with Gasteiger partial charge in [0.05, 0.1) is 6.20 Å². The van der Waals surface area contributed by atoms with Gasteiger partial charge in [0, 0.05) is 6.20 Å². The minimum Gasteiger partial charge on any atom is -0.291 e. The van der Waals surface area contributed by atoms with Crippen molar-refractivity contribution in [3.05, 3.63) is 25.4 Å². The molecular weight excluding hydrogens is 140 g/mol. The maximum atomic E-state index is 4.06. The van der Waals surface area contributed by atoms with Crippen molar-refractivity contribution in [2.45, 2.75) is 0 Å². The summed E-state index contributed by atoms with van der Waals surface area (Å²) in [6.07, 6.45) is 6.47. The number of fused-ring (bicyclic) bond motifs is 1. The van der Waals surface area contributed by atoms with Gasteiger partial charge in [0.1, 0.15) is 18.2 Å². The SMILES string of the molecule is C=Cn1cnc2cncnc21. The summed E-state index contributed by atoms with van der Waals surface area (Å²) in [5, 5.41) is 0. The third kappa shape index (κ3) is 0.797. The molecule has 0 unspecified atom stereocenters. The van der Waals surface area contributed by atoms with Crippen LogP contribution in [0.1, 0.15) is 0 Å². The Morgan fingerprint density at radius 3 is 3.18 bits per heavy atom. The van der Waals surface area contributed by atoms with Crippen LogP contribution in [0.15, 0.2) is 25.4 Å². The van der Waals surface area contributed by atoms with Gasteiger partial charge in [-0.1, -0.05) is 6.58 Å². The first-order valence-corrected chi connectivity index (χ1v) is 3.17. The predicted octanol–water partition coefficient (Wildman–Crippen LogP) is 0.927. The number of hydrogen-bond acceptors (Lipinski definition) is 3. The Morgan fingerprint density at radius 2 is 2.36 bits per heavy atom. The Hall–Kier alpha value is -1.71. The maximum Gasteiger partial charge on any atom is 0.167 e. The van der Waals surface area contributed by atoms with Crippen LogP contribution in [0.4, 0.5) is 0 Å². The lowest BCUT2D eigenvalue weighted by molar-refractivity contribution is 1.12. The van der Waals surface area contributed by atoms with E-state index >= 15 is 0 Å². The molecule has 0 aromatic carbocycles. The van der Waals surface area contributed by atoms with Crippen molar-refractivity contribution >= 4 is 17.4 Å². The molecule has 11 heavy (non-hydrogen) atoms. The molecule has 2 heterocycles. The van der Waals surface area contributed by atoms with Crippen molar-refractivity contribution < 1.29 is 0 Å². The van der Waals surface area contributed by atoms with E-state index in [1.54, 1.807) is 23.3 Å². The van der Waals surface area contributed by atoms with Crippen molar-refractivity contribution in [1.29, 1.82) is 0 Å². The zero-order chi connectivity index (χ0) is 7.68. The van der Waals surface area contributed by atoms with Gasteiger partial charge in [-0.15, -0.1) is 0 Å². The summed E-state index contributed by atoms with van der Waals surface area (Å²) in [7, 11) is 0. The fraction of sp³-hybridized carbons (Fsp3) is 0. The van der Waals surface area contributed by atoms with E-state index in [-0.39, 0.29) is 0 Å². The molecule has 2 aromatic heterocycles. The molecule has 0 N–H and O–H groups in total. The van der Waals surface area contributed by atoms with Crippen molar-refractivity contribution in [3.8, 4) is 0 Å². The van der Waals surface area contributed by atoms with Gasteiger partial charge in [-0.3, -0.25) is 4.57 Å². The Morgan fingerprint density at radius 1 is 1.45 bits per heavy atom. The van der Waals surface area contributed by atoms with Crippen LogP contribution in [-0.4, -0.2) is 19.5 Å². The van der Waals surface area contributed by atoms with Gasteiger partial charge >= 0.3 is 0 Å². The predicted molar refractivity (Wildman–Crippen MR) is 41.7 cm³/mol. The van der Waals surface area contributed by atoms with Crippen molar-refractivity contribution in [2.75, 3.05) is 0 Å². The smallest absolute Gasteiger partial charge is 0.167 e. The van der Waals surface area contributed by atoms with Gasteiger partial charge in [-0.25, -0.2) is 15.0 Å². The van der Waals surface area contributed by atoms with Crippen LogP contribution in [0.3, 0.4) is 0 Å². The molecule has 2 rings (SSSR count). The Bertz CT molecular complexity index is 390. The van der Waals surface area contributed by atoms with Crippen LogP contribution < -0.4 is 0 Å². The molecule has 54 valence electrons. The molecule has 0 amide bonds. The van der Waals surface area contributed by atoms with Gasteiger partial charge in [-0.2, -0.15) is 0 Å². The van der Waals surface area contributed by atoms with E-state index in [0.717, 1.165) is 11.2 Å². The topological polar surface area (TPSA) is 43.6 Å². The molecule has 0 bridgehead atoms. The van der Waals surface area contributed by atoms with Gasteiger partial charge < -0.3 is 0 Å². The third-order valence-electron chi connectivity index (χ3n) is 1.44. The summed E-state index contributed by atoms with van der Waals surface area (Å²) >= 11 is 0. The summed E-state index contributed by atoms with van der Waals surface area (Å²) in [4.78, 5) is 11.9. The van der Waals surface area contributed by atoms with Gasteiger partial charge in [0.2, 0.25) is 0 Å². The third-order valence-corrected chi connectivity index (χ3v) is 1.44. The molecule has 0 atom stereocenters. The van der Waals surface area contributed by atoms with Crippen LogP contribution in [0, 0.1) is 0 Å². The Kier molecular flexibility index (Phi) is 1.18. The largest absolute Gasteiger partial charge is 0.291 e. The molecule has 0 fully saturated rings. The fourth-order valence-corrected chi connectivity index (χ4v) is 0.919. The van der Waals surface area contributed by atoms with Crippen molar-refractivity contribution in [2.24, 2.45) is 0 Å². The maximum absolute atomic E-state index is 4.06. The highest BCUT2D eigenvalue weighted by atomic mass is 15.1. The zero-order valence-electron chi connectivity index (χ0n) is 5.81. The first-order chi connectivity index (χ1) is 5.42. The number of rotatable bonds is 1. The van der Waals surface area contributed by atoms with Crippen LogP contribution in [0.5, 0.6) is 0 Å². The molecule has 0 aliphatic rings. The van der Waals surface area contributed by atoms with E-state index in [1.165, 1.54) is 6.33 Å². The molecule has 2 aromatic rings. The van der Waals surface area contributed by atoms with E-state index in [9.17, 15) is 0 Å². The Labute approximate surface area is 63.2 Å². The number of hydrogen-bond donors (Lipinski definition) is 0. The van der Waals surface area contributed by atoms with Crippen molar-refractivity contribution in [3.63, 3.8) is 0 Å². The molecule has 0 saturated carbocycles. The first kappa shape index (κ1) is 6.03. The van der Waals surface area contributed by atoms with Gasteiger partial charge in [-0.05, 0) is 0 Å².